The van der Waals surface area contributed by atoms with Crippen molar-refractivity contribution in [1.29, 1.82) is 0 Å². The van der Waals surface area contributed by atoms with Crippen LogP contribution in [-0.4, -0.2) is 20.5 Å². The molecule has 0 radical (unpaired) electrons. The minimum Gasteiger partial charge on any atom is -0.294 e. The van der Waals surface area contributed by atoms with Gasteiger partial charge in [0.15, 0.2) is 11.4 Å². The maximum absolute atomic E-state index is 13.0. The minimum absolute atomic E-state index is 0.150. The van der Waals surface area contributed by atoms with Gasteiger partial charge in [-0.05, 0) is 38.1 Å². The van der Waals surface area contributed by atoms with Crippen LogP contribution in [0, 0.1) is 12.7 Å². The first-order valence-electron chi connectivity index (χ1n) is 6.29. The fraction of sp³-hybridized carbons (Fsp3) is 0.133. The molecular weight excluding hydrogens is 293 g/mol. The first-order chi connectivity index (χ1) is 9.99. The molecule has 2 heterocycles. The topological polar surface area (TPSA) is 47.8 Å². The van der Waals surface area contributed by atoms with E-state index in [1.807, 2.05) is 0 Å². The van der Waals surface area contributed by atoms with Gasteiger partial charge in [-0.3, -0.25) is 4.79 Å². The smallest absolute Gasteiger partial charge is 0.164 e. The number of ketones is 1. The number of rotatable bonds is 2. The zero-order valence-corrected chi connectivity index (χ0v) is 12.1. The van der Waals surface area contributed by atoms with Crippen LogP contribution in [0.2, 0.25) is 5.02 Å². The third-order valence-electron chi connectivity index (χ3n) is 3.26. The molecule has 0 atom stereocenters. The van der Waals surface area contributed by atoms with Crippen molar-refractivity contribution in [1.82, 2.24) is 14.8 Å². The number of fused-ring (bicyclic) bond motifs is 1. The summed E-state index contributed by atoms with van der Waals surface area (Å²) in [6, 6.07) is 5.92. The highest BCUT2D eigenvalue weighted by molar-refractivity contribution is 6.38. The van der Waals surface area contributed by atoms with E-state index >= 15 is 0 Å². The molecule has 0 fully saturated rings. The summed E-state index contributed by atoms with van der Waals surface area (Å²) in [5.74, 6) is -0.472. The number of nitrogens with zero attached hydrogens (tertiary/aromatic N) is 3. The second-order valence-corrected chi connectivity index (χ2v) is 5.09. The van der Waals surface area contributed by atoms with Crippen LogP contribution in [0.4, 0.5) is 4.39 Å². The Bertz CT molecular complexity index is 855. The summed E-state index contributed by atoms with van der Waals surface area (Å²) in [6.45, 7) is 3.23. The molecule has 3 aromatic rings. The summed E-state index contributed by atoms with van der Waals surface area (Å²) >= 11 is 6.29. The number of carbonyl (C=O) groups excluding carboxylic acids is 1. The lowest BCUT2D eigenvalue weighted by atomic mass is 10.1. The molecule has 6 heteroatoms. The third kappa shape index (κ3) is 2.19. The van der Waals surface area contributed by atoms with Gasteiger partial charge in [-0.2, -0.15) is 5.10 Å². The lowest BCUT2D eigenvalue weighted by Crippen LogP contribution is -2.00. The molecule has 2 aromatic heterocycles. The van der Waals surface area contributed by atoms with Crippen molar-refractivity contribution in [2.45, 2.75) is 13.8 Å². The second kappa shape index (κ2) is 4.93. The van der Waals surface area contributed by atoms with E-state index < -0.39 is 0 Å². The lowest BCUT2D eigenvalue weighted by Gasteiger charge is -2.04. The molecule has 0 aliphatic rings. The largest absolute Gasteiger partial charge is 0.294 e. The van der Waals surface area contributed by atoms with E-state index in [-0.39, 0.29) is 11.6 Å². The summed E-state index contributed by atoms with van der Waals surface area (Å²) in [5, 5.41) is 5.37. The Hall–Kier alpha value is -2.27. The second-order valence-electron chi connectivity index (χ2n) is 4.71. The zero-order valence-electron chi connectivity index (χ0n) is 11.4. The Morgan fingerprint density at radius 3 is 2.57 bits per heavy atom. The molecular formula is C15H11ClFN3O. The summed E-state index contributed by atoms with van der Waals surface area (Å²) in [4.78, 5) is 15.8. The van der Waals surface area contributed by atoms with Crippen molar-refractivity contribution in [3.8, 4) is 5.69 Å². The first kappa shape index (κ1) is 13.7. The van der Waals surface area contributed by atoms with Crippen molar-refractivity contribution >= 4 is 28.4 Å². The summed E-state index contributed by atoms with van der Waals surface area (Å²) in [7, 11) is 0. The highest BCUT2D eigenvalue weighted by Crippen LogP contribution is 2.30. The number of hydrogen-bond acceptors (Lipinski definition) is 3. The Morgan fingerprint density at radius 2 is 1.95 bits per heavy atom. The van der Waals surface area contributed by atoms with Gasteiger partial charge >= 0.3 is 0 Å². The molecule has 0 aliphatic carbocycles. The standard InChI is InChI=1S/C15H11ClFN3O/c1-8-13-14(16)12(9(2)21)7-18-15(13)20(19-8)11-5-3-10(17)4-6-11/h3-7H,1-2H3. The van der Waals surface area contributed by atoms with Crippen LogP contribution < -0.4 is 0 Å². The zero-order chi connectivity index (χ0) is 15.1. The van der Waals surface area contributed by atoms with E-state index in [0.717, 1.165) is 0 Å². The van der Waals surface area contributed by atoms with Gasteiger partial charge in [0.1, 0.15) is 5.82 Å². The highest BCUT2D eigenvalue weighted by atomic mass is 35.5. The molecule has 0 saturated heterocycles. The molecule has 0 N–H and O–H groups in total. The molecule has 4 nitrogen and oxygen atoms in total. The van der Waals surface area contributed by atoms with Crippen molar-refractivity contribution in [2.75, 3.05) is 0 Å². The predicted octanol–water partition coefficient (Wildman–Crippen LogP) is 3.72. The average Bonchev–Trinajstić information content (AvgIpc) is 2.78. The minimum atomic E-state index is -0.322. The van der Waals surface area contributed by atoms with E-state index in [1.165, 1.54) is 25.3 Å². The fourth-order valence-electron chi connectivity index (χ4n) is 2.22. The van der Waals surface area contributed by atoms with Crippen LogP contribution in [0.1, 0.15) is 23.0 Å². The lowest BCUT2D eigenvalue weighted by molar-refractivity contribution is 0.101. The summed E-state index contributed by atoms with van der Waals surface area (Å²) in [6.07, 6.45) is 1.44. The van der Waals surface area contributed by atoms with Crippen molar-refractivity contribution in [3.05, 3.63) is 52.6 Å². The van der Waals surface area contributed by atoms with Crippen LogP contribution in [0.25, 0.3) is 16.7 Å². The number of aryl methyl sites for hydroxylation is 1. The third-order valence-corrected chi connectivity index (χ3v) is 3.65. The monoisotopic (exact) mass is 303 g/mol. The Kier molecular flexibility index (Phi) is 3.22. The molecule has 0 bridgehead atoms. The van der Waals surface area contributed by atoms with Crippen LogP contribution in [0.15, 0.2) is 30.5 Å². The number of aromatic nitrogens is 3. The number of pyridine rings is 1. The Balaban J connectivity index is 2.30. The van der Waals surface area contributed by atoms with Crippen LogP contribution in [-0.2, 0) is 0 Å². The molecule has 0 saturated carbocycles. The summed E-state index contributed by atoms with van der Waals surface area (Å²) < 4.78 is 14.6. The van der Waals surface area contributed by atoms with Gasteiger partial charge in [-0.15, -0.1) is 0 Å². The molecule has 0 spiro atoms. The maximum atomic E-state index is 13.0. The van der Waals surface area contributed by atoms with Gasteiger partial charge < -0.3 is 0 Å². The Labute approximate surface area is 125 Å². The number of halogens is 2. The van der Waals surface area contributed by atoms with Gasteiger partial charge in [0.2, 0.25) is 0 Å². The number of hydrogen-bond donors (Lipinski definition) is 0. The van der Waals surface area contributed by atoms with E-state index in [1.54, 1.807) is 23.7 Å². The molecule has 0 amide bonds. The molecule has 21 heavy (non-hydrogen) atoms. The summed E-state index contributed by atoms with van der Waals surface area (Å²) in [5.41, 5.74) is 2.24. The number of Topliss-reactive ketones (excluding diaryl/α,β-unsaturated/α-hetero) is 1. The van der Waals surface area contributed by atoms with E-state index in [0.29, 0.717) is 33.0 Å². The van der Waals surface area contributed by atoms with Gasteiger partial charge in [-0.25, -0.2) is 14.1 Å². The molecule has 0 aliphatic heterocycles. The van der Waals surface area contributed by atoms with Crippen LogP contribution in [0.3, 0.4) is 0 Å². The molecule has 0 unspecified atom stereocenters. The van der Waals surface area contributed by atoms with E-state index in [4.69, 9.17) is 11.6 Å². The van der Waals surface area contributed by atoms with Crippen LogP contribution >= 0.6 is 11.6 Å². The number of benzene rings is 1. The fourth-order valence-corrected chi connectivity index (χ4v) is 2.62. The Morgan fingerprint density at radius 1 is 1.29 bits per heavy atom. The quantitative estimate of drug-likeness (QED) is 0.678. The SMILES string of the molecule is CC(=O)c1cnc2c(c(C)nn2-c2ccc(F)cc2)c1Cl. The molecule has 106 valence electrons. The average molecular weight is 304 g/mol. The normalized spacial score (nSPS) is 11.0. The van der Waals surface area contributed by atoms with E-state index in [2.05, 4.69) is 10.1 Å². The van der Waals surface area contributed by atoms with Gasteiger partial charge in [0.05, 0.1) is 27.4 Å². The van der Waals surface area contributed by atoms with Crippen molar-refractivity contribution < 1.29 is 9.18 Å². The molecule has 3 rings (SSSR count). The van der Waals surface area contributed by atoms with Crippen LogP contribution in [0.5, 0.6) is 0 Å². The molecule has 1 aromatic carbocycles. The number of carbonyl (C=O) groups is 1. The first-order valence-corrected chi connectivity index (χ1v) is 6.67. The van der Waals surface area contributed by atoms with Gasteiger partial charge in [0, 0.05) is 6.20 Å². The van der Waals surface area contributed by atoms with Gasteiger partial charge in [0.25, 0.3) is 0 Å². The van der Waals surface area contributed by atoms with Gasteiger partial charge in [-0.1, -0.05) is 11.6 Å². The highest BCUT2D eigenvalue weighted by Gasteiger charge is 2.18. The maximum Gasteiger partial charge on any atom is 0.164 e. The predicted molar refractivity (Wildman–Crippen MR) is 78.6 cm³/mol. The van der Waals surface area contributed by atoms with E-state index in [9.17, 15) is 9.18 Å². The van der Waals surface area contributed by atoms with Crippen molar-refractivity contribution in [3.63, 3.8) is 0 Å². The van der Waals surface area contributed by atoms with Crippen molar-refractivity contribution in [2.24, 2.45) is 0 Å².